The van der Waals surface area contributed by atoms with Gasteiger partial charge in [-0.2, -0.15) is 0 Å². The van der Waals surface area contributed by atoms with Gasteiger partial charge in [-0.15, -0.1) is 11.8 Å². The van der Waals surface area contributed by atoms with E-state index < -0.39 is 0 Å². The highest BCUT2D eigenvalue weighted by Crippen LogP contribution is 2.32. The fourth-order valence-corrected chi connectivity index (χ4v) is 4.77. The molecule has 0 bridgehead atoms. The Hall–Kier alpha value is -1.20. The molecule has 0 atom stereocenters. The van der Waals surface area contributed by atoms with Crippen LogP contribution in [-0.4, -0.2) is 42.2 Å². The monoisotopic (exact) mass is 422 g/mol. The number of likely N-dealkylation sites (tertiary alicyclic amines) is 1. The molecule has 0 radical (unpaired) electrons. The lowest BCUT2D eigenvalue weighted by Gasteiger charge is -2.32. The highest BCUT2D eigenvalue weighted by atomic mass is 35.5. The summed E-state index contributed by atoms with van der Waals surface area (Å²) in [5.41, 5.74) is 1.79. The van der Waals surface area contributed by atoms with Crippen molar-refractivity contribution in [1.82, 2.24) is 10.2 Å². The van der Waals surface area contributed by atoms with E-state index in [4.69, 9.17) is 23.2 Å². The summed E-state index contributed by atoms with van der Waals surface area (Å²) in [6.45, 7) is 4.98. The van der Waals surface area contributed by atoms with Crippen LogP contribution in [0.2, 0.25) is 10.0 Å². The van der Waals surface area contributed by atoms with Crippen LogP contribution in [0.25, 0.3) is 0 Å². The number of nitrogens with zero attached hydrogens (tertiary/aromatic N) is 1. The summed E-state index contributed by atoms with van der Waals surface area (Å²) in [6, 6.07) is 13.7. The zero-order valence-corrected chi connectivity index (χ0v) is 17.7. The lowest BCUT2D eigenvalue weighted by Crippen LogP contribution is -2.45. The first-order valence-electron chi connectivity index (χ1n) is 9.20. The second-order valence-corrected chi connectivity index (χ2v) is 8.73. The van der Waals surface area contributed by atoms with Crippen molar-refractivity contribution in [2.24, 2.45) is 0 Å². The van der Waals surface area contributed by atoms with Gasteiger partial charge >= 0.3 is 0 Å². The molecule has 0 unspecified atom stereocenters. The molecule has 27 heavy (non-hydrogen) atoms. The molecule has 1 heterocycles. The van der Waals surface area contributed by atoms with Crippen LogP contribution in [0, 0.1) is 6.92 Å². The summed E-state index contributed by atoms with van der Waals surface area (Å²) < 4.78 is 0. The molecular weight excluding hydrogens is 399 g/mol. The molecule has 0 saturated carbocycles. The van der Waals surface area contributed by atoms with Crippen molar-refractivity contribution in [2.75, 3.05) is 25.4 Å². The number of carbonyl (C=O) groups excluding carboxylic acids is 1. The molecule has 6 heteroatoms. The number of benzene rings is 2. The van der Waals surface area contributed by atoms with Crippen molar-refractivity contribution in [3.8, 4) is 0 Å². The van der Waals surface area contributed by atoms with Crippen molar-refractivity contribution in [3.05, 3.63) is 63.6 Å². The Balaban J connectivity index is 1.41. The number of amides is 1. The maximum atomic E-state index is 12.5. The number of hydrogen-bond acceptors (Lipinski definition) is 3. The van der Waals surface area contributed by atoms with Crippen molar-refractivity contribution in [3.63, 3.8) is 0 Å². The molecule has 0 aromatic heterocycles. The van der Waals surface area contributed by atoms with Gasteiger partial charge in [0.2, 0.25) is 0 Å². The van der Waals surface area contributed by atoms with Crippen molar-refractivity contribution in [2.45, 2.75) is 30.7 Å². The van der Waals surface area contributed by atoms with Crippen molar-refractivity contribution in [1.29, 1.82) is 0 Å². The van der Waals surface area contributed by atoms with Crippen molar-refractivity contribution < 1.29 is 4.79 Å². The minimum Gasteiger partial charge on any atom is -0.349 e. The molecular formula is C21H24Cl2N2OS. The van der Waals surface area contributed by atoms with E-state index in [9.17, 15) is 4.79 Å². The number of halogens is 2. The Morgan fingerprint density at radius 3 is 2.63 bits per heavy atom. The maximum Gasteiger partial charge on any atom is 0.251 e. The Morgan fingerprint density at radius 2 is 1.89 bits per heavy atom. The molecule has 2 aromatic rings. The number of nitrogens with one attached hydrogen (secondary N) is 1. The van der Waals surface area contributed by atoms with Crippen LogP contribution in [0.4, 0.5) is 0 Å². The van der Waals surface area contributed by atoms with Gasteiger partial charge in [-0.1, -0.05) is 47.5 Å². The van der Waals surface area contributed by atoms with Gasteiger partial charge in [-0.3, -0.25) is 4.79 Å². The molecule has 3 rings (SSSR count). The zero-order chi connectivity index (χ0) is 19.2. The smallest absolute Gasteiger partial charge is 0.251 e. The van der Waals surface area contributed by atoms with Gasteiger partial charge in [0.15, 0.2) is 0 Å². The van der Waals surface area contributed by atoms with Gasteiger partial charge in [-0.25, -0.2) is 0 Å². The van der Waals surface area contributed by atoms with Crippen LogP contribution in [0.5, 0.6) is 0 Å². The second-order valence-electron chi connectivity index (χ2n) is 6.80. The van der Waals surface area contributed by atoms with E-state index in [1.165, 1.54) is 0 Å². The Labute approximate surface area is 175 Å². The van der Waals surface area contributed by atoms with Gasteiger partial charge in [0, 0.05) is 41.9 Å². The van der Waals surface area contributed by atoms with E-state index in [-0.39, 0.29) is 11.9 Å². The molecule has 3 nitrogen and oxygen atoms in total. The van der Waals surface area contributed by atoms with Crippen LogP contribution in [-0.2, 0) is 0 Å². The molecule has 1 fully saturated rings. The number of rotatable bonds is 6. The van der Waals surface area contributed by atoms with E-state index in [2.05, 4.69) is 10.2 Å². The molecule has 1 aliphatic rings. The first-order valence-corrected chi connectivity index (χ1v) is 10.9. The average Bonchev–Trinajstić information content (AvgIpc) is 2.67. The zero-order valence-electron chi connectivity index (χ0n) is 15.4. The highest BCUT2D eigenvalue weighted by molar-refractivity contribution is 7.99. The third-order valence-corrected chi connectivity index (χ3v) is 6.86. The van der Waals surface area contributed by atoms with E-state index in [0.29, 0.717) is 10.0 Å². The Morgan fingerprint density at radius 1 is 1.15 bits per heavy atom. The fraction of sp³-hybridized carbons (Fsp3) is 0.381. The fourth-order valence-electron chi connectivity index (χ4n) is 3.27. The van der Waals surface area contributed by atoms with Crippen molar-refractivity contribution >= 4 is 40.9 Å². The van der Waals surface area contributed by atoms with Crippen LogP contribution in [0.3, 0.4) is 0 Å². The van der Waals surface area contributed by atoms with Crippen LogP contribution in [0.1, 0.15) is 28.8 Å². The predicted molar refractivity (Wildman–Crippen MR) is 115 cm³/mol. The molecule has 0 spiro atoms. The molecule has 0 aliphatic carbocycles. The summed E-state index contributed by atoms with van der Waals surface area (Å²) in [5, 5.41) is 4.43. The number of piperidine rings is 1. The highest BCUT2D eigenvalue weighted by Gasteiger charge is 2.21. The van der Waals surface area contributed by atoms with Crippen LogP contribution < -0.4 is 5.32 Å². The van der Waals surface area contributed by atoms with Crippen LogP contribution >= 0.6 is 35.0 Å². The van der Waals surface area contributed by atoms with E-state index in [0.717, 1.165) is 54.3 Å². The van der Waals surface area contributed by atoms with E-state index >= 15 is 0 Å². The van der Waals surface area contributed by atoms with Gasteiger partial charge in [0.25, 0.3) is 5.91 Å². The normalized spacial score (nSPS) is 15.7. The second kappa shape index (κ2) is 9.83. The topological polar surface area (TPSA) is 32.3 Å². The minimum absolute atomic E-state index is 0.0395. The van der Waals surface area contributed by atoms with Gasteiger partial charge < -0.3 is 10.2 Å². The summed E-state index contributed by atoms with van der Waals surface area (Å²) in [6.07, 6.45) is 1.97. The number of thioether (sulfide) groups is 1. The van der Waals surface area contributed by atoms with Gasteiger partial charge in [0.05, 0.1) is 10.0 Å². The quantitative estimate of drug-likeness (QED) is 0.641. The number of carbonyl (C=O) groups is 1. The Kier molecular flexibility index (Phi) is 7.48. The first-order chi connectivity index (χ1) is 13.0. The summed E-state index contributed by atoms with van der Waals surface area (Å²) in [7, 11) is 0. The third kappa shape index (κ3) is 5.64. The molecule has 144 valence electrons. The molecule has 2 aromatic carbocycles. The molecule has 1 aliphatic heterocycles. The SMILES string of the molecule is Cc1ccccc1C(=O)NC1CCN(CCSc2cccc(Cl)c2Cl)CC1. The van der Waals surface area contributed by atoms with Crippen LogP contribution in [0.15, 0.2) is 47.4 Å². The summed E-state index contributed by atoms with van der Waals surface area (Å²) in [5.74, 6) is 1.01. The standard InChI is InChI=1S/C21H24Cl2N2OS/c1-15-5-2-3-6-17(15)21(26)24-16-9-11-25(12-10-16)13-14-27-19-8-4-7-18(22)20(19)23/h2-8,16H,9-14H2,1H3,(H,24,26). The molecule has 1 amide bonds. The largest absolute Gasteiger partial charge is 0.349 e. The molecule has 1 saturated heterocycles. The Bertz CT molecular complexity index is 792. The summed E-state index contributed by atoms with van der Waals surface area (Å²) in [4.78, 5) is 15.9. The van der Waals surface area contributed by atoms with Gasteiger partial charge in [0.1, 0.15) is 0 Å². The lowest BCUT2D eigenvalue weighted by molar-refractivity contribution is 0.0912. The number of hydrogen-bond donors (Lipinski definition) is 1. The van der Waals surface area contributed by atoms with E-state index in [1.807, 2.05) is 49.4 Å². The molecule has 1 N–H and O–H groups in total. The number of aryl methyl sites for hydroxylation is 1. The lowest BCUT2D eigenvalue weighted by atomic mass is 10.0. The average molecular weight is 423 g/mol. The third-order valence-electron chi connectivity index (χ3n) is 4.89. The maximum absolute atomic E-state index is 12.5. The van der Waals surface area contributed by atoms with E-state index in [1.54, 1.807) is 11.8 Å². The predicted octanol–water partition coefficient (Wildman–Crippen LogP) is 5.29. The minimum atomic E-state index is 0.0395. The summed E-state index contributed by atoms with van der Waals surface area (Å²) >= 11 is 14.0. The first kappa shape index (κ1) is 20.5. The van der Waals surface area contributed by atoms with Gasteiger partial charge in [-0.05, 0) is 43.5 Å².